The van der Waals surface area contributed by atoms with Gasteiger partial charge >= 0.3 is 5.97 Å². The average Bonchev–Trinajstić information content (AvgIpc) is 2.98. The van der Waals surface area contributed by atoms with Crippen LogP contribution in [0.25, 0.3) is 0 Å². The lowest BCUT2D eigenvalue weighted by Gasteiger charge is -2.20. The van der Waals surface area contributed by atoms with Gasteiger partial charge < -0.3 is 5.11 Å². The first kappa shape index (κ1) is 16.7. The van der Waals surface area contributed by atoms with Crippen LogP contribution in [0.3, 0.4) is 0 Å². The van der Waals surface area contributed by atoms with Crippen LogP contribution in [0.1, 0.15) is 28.1 Å². The molecule has 1 N–H and O–H groups in total. The molecule has 22 heavy (non-hydrogen) atoms. The molecule has 1 aromatic heterocycles. The van der Waals surface area contributed by atoms with Crippen LogP contribution in [0.4, 0.5) is 0 Å². The van der Waals surface area contributed by atoms with Crippen molar-refractivity contribution in [2.24, 2.45) is 0 Å². The molecule has 0 fully saturated rings. The molecule has 1 atom stereocenters. The quantitative estimate of drug-likeness (QED) is 0.878. The van der Waals surface area contributed by atoms with Gasteiger partial charge in [-0.05, 0) is 23.6 Å². The average molecular weight is 339 g/mol. The van der Waals surface area contributed by atoms with Crippen molar-refractivity contribution >= 4 is 27.3 Å². The van der Waals surface area contributed by atoms with Crippen LogP contribution < -0.4 is 0 Å². The highest BCUT2D eigenvalue weighted by Crippen LogP contribution is 2.26. The van der Waals surface area contributed by atoms with Crippen LogP contribution >= 0.6 is 11.3 Å². The Hall–Kier alpha value is -1.70. The van der Waals surface area contributed by atoms with Gasteiger partial charge in [-0.25, -0.2) is 13.2 Å². The molecule has 1 aromatic carbocycles. The summed E-state index contributed by atoms with van der Waals surface area (Å²) >= 11 is 0.770. The molecule has 5 nitrogen and oxygen atoms in total. The third-order valence-corrected chi connectivity index (χ3v) is 6.72. The first-order valence-corrected chi connectivity index (χ1v) is 8.92. The normalized spacial score (nSPS) is 13.2. The van der Waals surface area contributed by atoms with E-state index in [9.17, 15) is 13.2 Å². The first-order valence-electron chi connectivity index (χ1n) is 6.67. The Kier molecular flexibility index (Phi) is 5.00. The number of rotatable bonds is 6. The molecule has 0 aliphatic rings. The van der Waals surface area contributed by atoms with Crippen LogP contribution in [0, 0.1) is 0 Å². The standard InChI is InChI=1S/C15H17NO4S2/c1-11(12-6-4-3-5-7-12)10-16(2)22(19,20)14-9-8-13(21-14)15(17)18/h3-9,11H,10H2,1-2H3,(H,17,18). The van der Waals surface area contributed by atoms with E-state index in [2.05, 4.69) is 0 Å². The molecule has 118 valence electrons. The number of hydrogen-bond acceptors (Lipinski definition) is 4. The highest BCUT2D eigenvalue weighted by Gasteiger charge is 2.25. The SMILES string of the molecule is CC(CN(C)S(=O)(=O)c1ccc(C(=O)O)s1)c1ccccc1. The predicted octanol–water partition coefficient (Wildman–Crippen LogP) is 2.87. The fraction of sp³-hybridized carbons (Fsp3) is 0.267. The van der Waals surface area contributed by atoms with E-state index in [0.29, 0.717) is 6.54 Å². The summed E-state index contributed by atoms with van der Waals surface area (Å²) in [6, 6.07) is 12.3. The number of benzene rings is 1. The molecule has 2 rings (SSSR count). The molecular weight excluding hydrogens is 322 g/mol. The van der Waals surface area contributed by atoms with Crippen molar-refractivity contribution in [3.05, 3.63) is 52.9 Å². The van der Waals surface area contributed by atoms with Crippen molar-refractivity contribution in [1.29, 1.82) is 0 Å². The van der Waals surface area contributed by atoms with Gasteiger partial charge in [-0.1, -0.05) is 37.3 Å². The minimum atomic E-state index is -3.67. The number of carboxylic acids is 1. The predicted molar refractivity (Wildman–Crippen MR) is 86.0 cm³/mol. The topological polar surface area (TPSA) is 74.7 Å². The fourth-order valence-corrected chi connectivity index (χ4v) is 4.71. The van der Waals surface area contributed by atoms with Crippen LogP contribution in [0.5, 0.6) is 0 Å². The zero-order valence-electron chi connectivity index (χ0n) is 12.3. The number of sulfonamides is 1. The largest absolute Gasteiger partial charge is 0.477 e. The maximum atomic E-state index is 12.5. The summed E-state index contributed by atoms with van der Waals surface area (Å²) in [7, 11) is -2.16. The van der Waals surface area contributed by atoms with Gasteiger partial charge in [-0.2, -0.15) is 4.31 Å². The Morgan fingerprint density at radius 1 is 1.23 bits per heavy atom. The highest BCUT2D eigenvalue weighted by molar-refractivity contribution is 7.91. The van der Waals surface area contributed by atoms with Gasteiger partial charge in [0.05, 0.1) is 0 Å². The van der Waals surface area contributed by atoms with E-state index in [0.717, 1.165) is 16.9 Å². The summed E-state index contributed by atoms with van der Waals surface area (Å²) < 4.78 is 26.3. The van der Waals surface area contributed by atoms with E-state index in [-0.39, 0.29) is 15.0 Å². The van der Waals surface area contributed by atoms with E-state index in [1.165, 1.54) is 23.5 Å². The van der Waals surface area contributed by atoms with Gasteiger partial charge in [0.1, 0.15) is 9.09 Å². The van der Waals surface area contributed by atoms with Crippen LogP contribution in [0.2, 0.25) is 0 Å². The lowest BCUT2D eigenvalue weighted by molar-refractivity contribution is 0.0702. The third-order valence-electron chi connectivity index (χ3n) is 3.36. The van der Waals surface area contributed by atoms with Crippen LogP contribution in [0.15, 0.2) is 46.7 Å². The van der Waals surface area contributed by atoms with Gasteiger partial charge in [0.15, 0.2) is 0 Å². The van der Waals surface area contributed by atoms with Gasteiger partial charge in [0, 0.05) is 13.6 Å². The van der Waals surface area contributed by atoms with E-state index in [1.54, 1.807) is 0 Å². The zero-order chi connectivity index (χ0) is 16.3. The molecule has 7 heteroatoms. The van der Waals surface area contributed by atoms with Crippen LogP contribution in [-0.2, 0) is 10.0 Å². The molecule has 1 unspecified atom stereocenters. The van der Waals surface area contributed by atoms with E-state index in [1.807, 2.05) is 37.3 Å². The lowest BCUT2D eigenvalue weighted by Crippen LogP contribution is -2.30. The number of carboxylic acid groups (broad SMARTS) is 1. The Labute approximate surface area is 133 Å². The van der Waals surface area contributed by atoms with Gasteiger partial charge in [-0.15, -0.1) is 11.3 Å². The van der Waals surface area contributed by atoms with Crippen molar-refractivity contribution < 1.29 is 18.3 Å². The van der Waals surface area contributed by atoms with Crippen molar-refractivity contribution in [3.63, 3.8) is 0 Å². The second kappa shape index (κ2) is 6.60. The maximum absolute atomic E-state index is 12.5. The van der Waals surface area contributed by atoms with Crippen molar-refractivity contribution in [3.8, 4) is 0 Å². The monoisotopic (exact) mass is 339 g/mol. The molecule has 2 aromatic rings. The fourth-order valence-electron chi connectivity index (χ4n) is 2.10. The molecule has 0 bridgehead atoms. The summed E-state index contributed by atoms with van der Waals surface area (Å²) in [5, 5.41) is 8.90. The second-order valence-corrected chi connectivity index (χ2v) is 8.38. The van der Waals surface area contributed by atoms with E-state index >= 15 is 0 Å². The third kappa shape index (κ3) is 3.55. The molecule has 0 aliphatic carbocycles. The van der Waals surface area contributed by atoms with Gasteiger partial charge in [0.25, 0.3) is 10.0 Å². The summed E-state index contributed by atoms with van der Waals surface area (Å²) in [6.07, 6.45) is 0. The molecule has 0 amide bonds. The number of nitrogens with zero attached hydrogens (tertiary/aromatic N) is 1. The molecule has 0 spiro atoms. The van der Waals surface area contributed by atoms with E-state index in [4.69, 9.17) is 5.11 Å². The second-order valence-electron chi connectivity index (χ2n) is 5.02. The van der Waals surface area contributed by atoms with Crippen LogP contribution in [-0.4, -0.2) is 37.4 Å². The Balaban J connectivity index is 2.16. The zero-order valence-corrected chi connectivity index (χ0v) is 13.9. The maximum Gasteiger partial charge on any atom is 0.345 e. The summed E-state index contributed by atoms with van der Waals surface area (Å²) in [6.45, 7) is 2.28. The number of likely N-dealkylation sites (N-methyl/N-ethyl adjacent to an activating group) is 1. The molecule has 0 radical (unpaired) electrons. The smallest absolute Gasteiger partial charge is 0.345 e. The molecule has 0 saturated carbocycles. The highest BCUT2D eigenvalue weighted by atomic mass is 32.2. The summed E-state index contributed by atoms with van der Waals surface area (Å²) in [4.78, 5) is 10.9. The molecular formula is C15H17NO4S2. The summed E-state index contributed by atoms with van der Waals surface area (Å²) in [5.41, 5.74) is 1.06. The van der Waals surface area contributed by atoms with Crippen molar-refractivity contribution in [1.82, 2.24) is 4.31 Å². The van der Waals surface area contributed by atoms with Crippen molar-refractivity contribution in [2.75, 3.05) is 13.6 Å². The number of hydrogen-bond donors (Lipinski definition) is 1. The molecule has 1 heterocycles. The van der Waals surface area contributed by atoms with E-state index < -0.39 is 16.0 Å². The minimum Gasteiger partial charge on any atom is -0.477 e. The number of aromatic carboxylic acids is 1. The first-order chi connectivity index (χ1) is 10.3. The Morgan fingerprint density at radius 3 is 2.41 bits per heavy atom. The Bertz CT molecular complexity index is 753. The lowest BCUT2D eigenvalue weighted by atomic mass is 10.0. The molecule has 0 saturated heterocycles. The van der Waals surface area contributed by atoms with Gasteiger partial charge in [-0.3, -0.25) is 0 Å². The number of thiophene rings is 1. The molecule has 0 aliphatic heterocycles. The Morgan fingerprint density at radius 2 is 1.86 bits per heavy atom. The van der Waals surface area contributed by atoms with Gasteiger partial charge in [0.2, 0.25) is 0 Å². The number of carbonyl (C=O) groups is 1. The summed E-state index contributed by atoms with van der Waals surface area (Å²) in [5.74, 6) is -1.08. The van der Waals surface area contributed by atoms with Crippen molar-refractivity contribution in [2.45, 2.75) is 17.1 Å². The minimum absolute atomic E-state index is 0.0167.